The van der Waals surface area contributed by atoms with Gasteiger partial charge in [-0.25, -0.2) is 4.39 Å². The molecule has 0 bridgehead atoms. The van der Waals surface area contributed by atoms with Crippen LogP contribution in [-0.2, 0) is 6.18 Å². The molecule has 0 radical (unpaired) electrons. The van der Waals surface area contributed by atoms with Crippen molar-refractivity contribution in [3.05, 3.63) is 35.1 Å². The van der Waals surface area contributed by atoms with Crippen molar-refractivity contribution in [2.75, 3.05) is 0 Å². The van der Waals surface area contributed by atoms with E-state index in [9.17, 15) is 17.6 Å². The van der Waals surface area contributed by atoms with Gasteiger partial charge in [-0.3, -0.25) is 0 Å². The van der Waals surface area contributed by atoms with E-state index in [2.05, 4.69) is 5.92 Å². The maximum absolute atomic E-state index is 13.0. The zero-order valence-corrected chi connectivity index (χ0v) is 7.19. The third-order valence-corrected chi connectivity index (χ3v) is 1.55. The van der Waals surface area contributed by atoms with E-state index < -0.39 is 17.6 Å². The van der Waals surface area contributed by atoms with Gasteiger partial charge in [0.1, 0.15) is 5.82 Å². The van der Waals surface area contributed by atoms with Crippen molar-refractivity contribution < 1.29 is 17.6 Å². The summed E-state index contributed by atoms with van der Waals surface area (Å²) in [5.41, 5.74) is -1.31. The molecule has 0 unspecified atom stereocenters. The third-order valence-electron chi connectivity index (χ3n) is 1.55. The number of hydrogen-bond acceptors (Lipinski definition) is 1. The van der Waals surface area contributed by atoms with Crippen molar-refractivity contribution in [2.24, 2.45) is 0 Å². The Bertz CT molecular complexity index is 471. The normalized spacial score (nSPS) is 10.1. The summed E-state index contributed by atoms with van der Waals surface area (Å²) in [6.07, 6.45) is -4.58. The lowest BCUT2D eigenvalue weighted by atomic mass is 10.1. The van der Waals surface area contributed by atoms with Gasteiger partial charge in [0.15, 0.2) is 6.07 Å². The average Bonchev–Trinajstić information content (AvgIpc) is 2.14. The van der Waals surface area contributed by atoms with Crippen LogP contribution < -0.4 is 0 Å². The van der Waals surface area contributed by atoms with Crippen LogP contribution in [0.4, 0.5) is 17.6 Å². The monoisotopic (exact) mass is 213 g/mol. The van der Waals surface area contributed by atoms with E-state index in [-0.39, 0.29) is 5.56 Å². The second kappa shape index (κ2) is 4.02. The number of rotatable bonds is 0. The molecule has 1 aromatic rings. The van der Waals surface area contributed by atoms with Gasteiger partial charge in [0, 0.05) is 5.92 Å². The molecule has 1 nitrogen and oxygen atoms in total. The van der Waals surface area contributed by atoms with E-state index in [4.69, 9.17) is 5.26 Å². The highest BCUT2D eigenvalue weighted by Gasteiger charge is 2.30. The summed E-state index contributed by atoms with van der Waals surface area (Å²) in [7, 11) is 0. The fourth-order valence-corrected chi connectivity index (χ4v) is 0.888. The molecular formula is C10H3F4N. The second-order valence-electron chi connectivity index (χ2n) is 2.55. The SMILES string of the molecule is N#CC#Cc1ccc(C(F)(F)F)cc1F. The molecule has 0 atom stereocenters. The smallest absolute Gasteiger partial charge is 0.206 e. The number of benzene rings is 1. The van der Waals surface area contributed by atoms with Crippen LogP contribution in [0.3, 0.4) is 0 Å². The fourth-order valence-electron chi connectivity index (χ4n) is 0.888. The summed E-state index contributed by atoms with van der Waals surface area (Å²) < 4.78 is 49.3. The topological polar surface area (TPSA) is 23.8 Å². The largest absolute Gasteiger partial charge is 0.416 e. The summed E-state index contributed by atoms with van der Waals surface area (Å²) in [6.45, 7) is 0. The molecule has 0 heterocycles. The lowest BCUT2D eigenvalue weighted by Crippen LogP contribution is -2.05. The summed E-state index contributed by atoms with van der Waals surface area (Å²) in [5.74, 6) is 2.90. The molecule has 0 N–H and O–H groups in total. The minimum absolute atomic E-state index is 0.232. The van der Waals surface area contributed by atoms with Gasteiger partial charge < -0.3 is 0 Å². The predicted molar refractivity (Wildman–Crippen MR) is 43.9 cm³/mol. The van der Waals surface area contributed by atoms with Crippen molar-refractivity contribution >= 4 is 0 Å². The van der Waals surface area contributed by atoms with Gasteiger partial charge in [0.2, 0.25) is 0 Å². The quantitative estimate of drug-likeness (QED) is 0.480. The Morgan fingerprint density at radius 2 is 1.87 bits per heavy atom. The van der Waals surface area contributed by atoms with Crippen molar-refractivity contribution in [1.82, 2.24) is 0 Å². The molecule has 0 aromatic heterocycles. The first-order chi connectivity index (χ1) is 6.95. The Hall–Kier alpha value is -2.01. The molecule has 0 fully saturated rings. The molecule has 15 heavy (non-hydrogen) atoms. The minimum Gasteiger partial charge on any atom is -0.206 e. The second-order valence-corrected chi connectivity index (χ2v) is 2.55. The number of halogens is 4. The highest BCUT2D eigenvalue weighted by atomic mass is 19.4. The van der Waals surface area contributed by atoms with E-state index in [0.717, 1.165) is 6.07 Å². The molecule has 0 aliphatic heterocycles. The van der Waals surface area contributed by atoms with E-state index in [1.165, 1.54) is 6.07 Å². The molecule has 0 amide bonds. The molecule has 0 saturated carbocycles. The summed E-state index contributed by atoms with van der Waals surface area (Å²) in [5, 5.41) is 8.08. The van der Waals surface area contributed by atoms with Gasteiger partial charge in [-0.15, -0.1) is 0 Å². The molecule has 0 spiro atoms. The Labute approximate surface area is 82.9 Å². The van der Waals surface area contributed by atoms with Crippen molar-refractivity contribution in [3.63, 3.8) is 0 Å². The van der Waals surface area contributed by atoms with E-state index >= 15 is 0 Å². The van der Waals surface area contributed by atoms with Gasteiger partial charge >= 0.3 is 6.18 Å². The molecule has 0 aliphatic rings. The van der Waals surface area contributed by atoms with Crippen LogP contribution in [0.1, 0.15) is 11.1 Å². The highest BCUT2D eigenvalue weighted by Crippen LogP contribution is 2.29. The van der Waals surface area contributed by atoms with Crippen LogP contribution in [-0.4, -0.2) is 0 Å². The lowest BCUT2D eigenvalue weighted by molar-refractivity contribution is -0.137. The van der Waals surface area contributed by atoms with Crippen LogP contribution in [0.5, 0.6) is 0 Å². The van der Waals surface area contributed by atoms with Crippen molar-refractivity contribution in [3.8, 4) is 17.9 Å². The highest BCUT2D eigenvalue weighted by molar-refractivity contribution is 5.40. The molecule has 1 aromatic carbocycles. The maximum atomic E-state index is 13.0. The van der Waals surface area contributed by atoms with E-state index in [1.54, 1.807) is 0 Å². The average molecular weight is 213 g/mol. The maximum Gasteiger partial charge on any atom is 0.416 e. The third kappa shape index (κ3) is 2.72. The molecule has 5 heteroatoms. The molecular weight excluding hydrogens is 210 g/mol. The predicted octanol–water partition coefficient (Wildman–Crippen LogP) is 2.72. The summed E-state index contributed by atoms with van der Waals surface area (Å²) in [4.78, 5) is 0. The van der Waals surface area contributed by atoms with Gasteiger partial charge in [-0.1, -0.05) is 0 Å². The number of alkyl halides is 3. The van der Waals surface area contributed by atoms with Crippen LogP contribution in [0, 0.1) is 29.0 Å². The first-order valence-electron chi connectivity index (χ1n) is 3.72. The van der Waals surface area contributed by atoms with Crippen LogP contribution in [0.2, 0.25) is 0 Å². The standard InChI is InChI=1S/C10H3F4N/c11-9-6-8(10(12,13)14)4-3-7(9)2-1-5-15/h3-4,6H. The van der Waals surface area contributed by atoms with Crippen molar-refractivity contribution in [1.29, 1.82) is 5.26 Å². The molecule has 1 rings (SSSR count). The van der Waals surface area contributed by atoms with Gasteiger partial charge in [-0.2, -0.15) is 18.4 Å². The zero-order chi connectivity index (χ0) is 11.5. The van der Waals surface area contributed by atoms with Crippen molar-refractivity contribution in [2.45, 2.75) is 6.18 Å². The lowest BCUT2D eigenvalue weighted by Gasteiger charge is -2.06. The fraction of sp³-hybridized carbons (Fsp3) is 0.100. The van der Waals surface area contributed by atoms with E-state index in [1.807, 2.05) is 5.92 Å². The summed E-state index contributed by atoms with van der Waals surface area (Å²) >= 11 is 0. The van der Waals surface area contributed by atoms with Crippen LogP contribution >= 0.6 is 0 Å². The summed E-state index contributed by atoms with van der Waals surface area (Å²) in [6, 6.07) is 3.39. The molecule has 76 valence electrons. The minimum atomic E-state index is -4.58. The first-order valence-corrected chi connectivity index (χ1v) is 3.72. The Morgan fingerprint density at radius 3 is 2.33 bits per heavy atom. The van der Waals surface area contributed by atoms with E-state index in [0.29, 0.717) is 12.1 Å². The van der Waals surface area contributed by atoms with Gasteiger partial charge in [0.05, 0.1) is 11.1 Å². The van der Waals surface area contributed by atoms with Crippen LogP contribution in [0.15, 0.2) is 18.2 Å². The Balaban J connectivity index is 3.16. The zero-order valence-electron chi connectivity index (χ0n) is 7.19. The van der Waals surface area contributed by atoms with Gasteiger partial charge in [-0.05, 0) is 24.1 Å². The Kier molecular flexibility index (Phi) is 2.96. The van der Waals surface area contributed by atoms with Gasteiger partial charge in [0.25, 0.3) is 0 Å². The Morgan fingerprint density at radius 1 is 1.20 bits per heavy atom. The number of hydrogen-bond donors (Lipinski definition) is 0. The number of nitriles is 1. The first kappa shape index (κ1) is 11.1. The molecule has 0 aliphatic carbocycles. The molecule has 0 saturated heterocycles. The van der Waals surface area contributed by atoms with Crippen LogP contribution in [0.25, 0.3) is 0 Å². The number of nitrogens with zero attached hydrogens (tertiary/aromatic N) is 1.